The number of hydrogen-bond donors (Lipinski definition) is 1. The molecule has 0 atom stereocenters. The number of pyridine rings is 1. The van der Waals surface area contributed by atoms with Gasteiger partial charge in [-0.1, -0.05) is 30.3 Å². The molecule has 0 aliphatic carbocycles. The first-order valence-electron chi connectivity index (χ1n) is 8.52. The molecule has 130 valence electrons. The Balaban J connectivity index is 1.52. The highest BCUT2D eigenvalue weighted by molar-refractivity contribution is 6.06. The van der Waals surface area contributed by atoms with Gasteiger partial charge in [-0.2, -0.15) is 0 Å². The van der Waals surface area contributed by atoms with Crippen molar-refractivity contribution in [2.75, 3.05) is 23.9 Å². The number of anilines is 3. The second-order valence-corrected chi connectivity index (χ2v) is 6.09. The lowest BCUT2D eigenvalue weighted by Gasteiger charge is -2.17. The number of ether oxygens (including phenoxy) is 1. The fraction of sp³-hybridized carbons (Fsp3) is 0.143. The molecule has 0 spiro atoms. The van der Waals surface area contributed by atoms with Gasteiger partial charge < -0.3 is 15.0 Å². The van der Waals surface area contributed by atoms with Gasteiger partial charge in [-0.3, -0.25) is 4.79 Å². The van der Waals surface area contributed by atoms with E-state index in [9.17, 15) is 4.79 Å². The Morgan fingerprint density at radius 3 is 2.69 bits per heavy atom. The third-order valence-electron chi connectivity index (χ3n) is 4.50. The maximum Gasteiger partial charge on any atom is 0.276 e. The van der Waals surface area contributed by atoms with Crippen molar-refractivity contribution in [1.29, 1.82) is 0 Å². The Bertz CT molecular complexity index is 938. The van der Waals surface area contributed by atoms with Crippen LogP contribution in [-0.4, -0.2) is 24.5 Å². The Hall–Kier alpha value is -3.34. The smallest absolute Gasteiger partial charge is 0.276 e. The number of carbonyl (C=O) groups excluding carboxylic acids is 1. The maximum atomic E-state index is 12.8. The third-order valence-corrected chi connectivity index (χ3v) is 4.50. The minimum Gasteiger partial charge on any atom is -0.495 e. The molecule has 1 aliphatic rings. The molecule has 0 fully saturated rings. The van der Waals surface area contributed by atoms with Crippen molar-refractivity contribution in [1.82, 2.24) is 4.98 Å². The van der Waals surface area contributed by atoms with Crippen LogP contribution in [0.5, 0.6) is 5.75 Å². The molecule has 3 aromatic rings. The van der Waals surface area contributed by atoms with Crippen LogP contribution >= 0.6 is 0 Å². The lowest BCUT2D eigenvalue weighted by Crippen LogP contribution is -2.29. The lowest BCUT2D eigenvalue weighted by molar-refractivity contribution is 0.0984. The molecular weight excluding hydrogens is 326 g/mol. The van der Waals surface area contributed by atoms with Crippen molar-refractivity contribution >= 4 is 23.0 Å². The van der Waals surface area contributed by atoms with E-state index in [1.807, 2.05) is 48.5 Å². The summed E-state index contributed by atoms with van der Waals surface area (Å²) in [6.07, 6.45) is 2.55. The van der Waals surface area contributed by atoms with Crippen LogP contribution in [-0.2, 0) is 6.42 Å². The second-order valence-electron chi connectivity index (χ2n) is 6.09. The van der Waals surface area contributed by atoms with Gasteiger partial charge in [0, 0.05) is 12.2 Å². The zero-order chi connectivity index (χ0) is 17.9. The zero-order valence-corrected chi connectivity index (χ0v) is 14.5. The summed E-state index contributed by atoms with van der Waals surface area (Å²) < 4.78 is 5.34. The topological polar surface area (TPSA) is 54.5 Å². The van der Waals surface area contributed by atoms with Crippen LogP contribution < -0.4 is 15.0 Å². The Morgan fingerprint density at radius 1 is 1.08 bits per heavy atom. The van der Waals surface area contributed by atoms with Crippen molar-refractivity contribution in [3.63, 3.8) is 0 Å². The van der Waals surface area contributed by atoms with Gasteiger partial charge in [0.25, 0.3) is 5.91 Å². The SMILES string of the molecule is COc1ccccc1Nc1ccc(C(=O)N2CCc3ccccc32)nc1. The van der Waals surface area contributed by atoms with E-state index in [1.165, 1.54) is 5.56 Å². The van der Waals surface area contributed by atoms with E-state index in [-0.39, 0.29) is 5.91 Å². The fourth-order valence-electron chi connectivity index (χ4n) is 3.19. The summed E-state index contributed by atoms with van der Waals surface area (Å²) in [6, 6.07) is 19.3. The van der Waals surface area contributed by atoms with Gasteiger partial charge in [-0.05, 0) is 42.3 Å². The number of benzene rings is 2. The van der Waals surface area contributed by atoms with E-state index in [0.717, 1.165) is 29.2 Å². The molecule has 1 aliphatic heterocycles. The van der Waals surface area contributed by atoms with Crippen LogP contribution in [0.3, 0.4) is 0 Å². The van der Waals surface area contributed by atoms with Crippen LogP contribution in [0.4, 0.5) is 17.1 Å². The number of nitrogens with one attached hydrogen (secondary N) is 1. The largest absolute Gasteiger partial charge is 0.495 e. The van der Waals surface area contributed by atoms with Gasteiger partial charge in [0.15, 0.2) is 0 Å². The summed E-state index contributed by atoms with van der Waals surface area (Å²) in [5, 5.41) is 3.26. The number of amides is 1. The number of aromatic nitrogens is 1. The second kappa shape index (κ2) is 6.88. The minimum atomic E-state index is -0.0706. The van der Waals surface area contributed by atoms with Gasteiger partial charge in [-0.15, -0.1) is 0 Å². The summed E-state index contributed by atoms with van der Waals surface area (Å²) in [6.45, 7) is 0.696. The lowest BCUT2D eigenvalue weighted by atomic mass is 10.2. The van der Waals surface area contributed by atoms with Crippen LogP contribution in [0, 0.1) is 0 Å². The summed E-state index contributed by atoms with van der Waals surface area (Å²) >= 11 is 0. The van der Waals surface area contributed by atoms with Crippen LogP contribution in [0.25, 0.3) is 0 Å². The number of hydrogen-bond acceptors (Lipinski definition) is 4. The first-order valence-corrected chi connectivity index (χ1v) is 8.52. The van der Waals surface area contributed by atoms with Crippen molar-refractivity contribution < 1.29 is 9.53 Å². The van der Waals surface area contributed by atoms with Gasteiger partial charge in [0.1, 0.15) is 11.4 Å². The predicted molar refractivity (Wildman–Crippen MR) is 102 cm³/mol. The first-order chi connectivity index (χ1) is 12.8. The number of fused-ring (bicyclic) bond motifs is 1. The molecule has 0 bridgehead atoms. The average Bonchev–Trinajstić information content (AvgIpc) is 3.12. The normalized spacial score (nSPS) is 12.6. The summed E-state index contributed by atoms with van der Waals surface area (Å²) in [5.41, 5.74) is 4.27. The number of carbonyl (C=O) groups is 1. The van der Waals surface area contributed by atoms with E-state index in [4.69, 9.17) is 4.74 Å². The number of methoxy groups -OCH3 is 1. The van der Waals surface area contributed by atoms with Crippen LogP contribution in [0.15, 0.2) is 66.9 Å². The molecule has 0 unspecified atom stereocenters. The van der Waals surface area contributed by atoms with Crippen molar-refractivity contribution in [3.05, 3.63) is 78.1 Å². The Kier molecular flexibility index (Phi) is 4.27. The van der Waals surface area contributed by atoms with Crippen LogP contribution in [0.2, 0.25) is 0 Å². The van der Waals surface area contributed by atoms with Gasteiger partial charge in [0.05, 0.1) is 24.7 Å². The maximum absolute atomic E-state index is 12.8. The Labute approximate surface area is 152 Å². The van der Waals surface area contributed by atoms with E-state index in [1.54, 1.807) is 24.3 Å². The predicted octanol–water partition coefficient (Wildman–Crippen LogP) is 4.04. The molecule has 5 heteroatoms. The highest BCUT2D eigenvalue weighted by Crippen LogP contribution is 2.29. The number of para-hydroxylation sites is 3. The monoisotopic (exact) mass is 345 g/mol. The molecule has 4 rings (SSSR count). The molecule has 2 aromatic carbocycles. The number of rotatable bonds is 4. The minimum absolute atomic E-state index is 0.0706. The Morgan fingerprint density at radius 2 is 1.88 bits per heavy atom. The first kappa shape index (κ1) is 16.1. The molecule has 1 aromatic heterocycles. The van der Waals surface area contributed by atoms with Gasteiger partial charge in [0.2, 0.25) is 0 Å². The van der Waals surface area contributed by atoms with E-state index in [0.29, 0.717) is 12.2 Å². The molecular formula is C21H19N3O2. The molecule has 1 amide bonds. The molecule has 26 heavy (non-hydrogen) atoms. The van der Waals surface area contributed by atoms with Crippen molar-refractivity contribution in [2.45, 2.75) is 6.42 Å². The van der Waals surface area contributed by atoms with Gasteiger partial charge in [-0.25, -0.2) is 4.98 Å². The van der Waals surface area contributed by atoms with Crippen molar-refractivity contribution in [2.24, 2.45) is 0 Å². The van der Waals surface area contributed by atoms with Crippen LogP contribution in [0.1, 0.15) is 16.1 Å². The molecule has 5 nitrogen and oxygen atoms in total. The molecule has 2 heterocycles. The van der Waals surface area contributed by atoms with Gasteiger partial charge >= 0.3 is 0 Å². The van der Waals surface area contributed by atoms with Crippen molar-refractivity contribution in [3.8, 4) is 5.75 Å². The quantitative estimate of drug-likeness (QED) is 0.775. The highest BCUT2D eigenvalue weighted by Gasteiger charge is 2.25. The fourth-order valence-corrected chi connectivity index (χ4v) is 3.19. The third kappa shape index (κ3) is 2.99. The summed E-state index contributed by atoms with van der Waals surface area (Å²) in [5.74, 6) is 0.681. The molecule has 1 N–H and O–H groups in total. The zero-order valence-electron chi connectivity index (χ0n) is 14.5. The molecule has 0 radical (unpaired) electrons. The number of nitrogens with zero attached hydrogens (tertiary/aromatic N) is 2. The van der Waals surface area contributed by atoms with E-state index >= 15 is 0 Å². The van der Waals surface area contributed by atoms with E-state index < -0.39 is 0 Å². The highest BCUT2D eigenvalue weighted by atomic mass is 16.5. The summed E-state index contributed by atoms with van der Waals surface area (Å²) in [4.78, 5) is 19.0. The summed E-state index contributed by atoms with van der Waals surface area (Å²) in [7, 11) is 1.63. The molecule has 0 saturated carbocycles. The standard InChI is InChI=1S/C21H19N3O2/c1-26-20-9-5-3-7-17(20)23-16-10-11-18(22-14-16)21(25)24-13-12-15-6-2-4-8-19(15)24/h2-11,14,23H,12-13H2,1H3. The van der Waals surface area contributed by atoms with E-state index in [2.05, 4.69) is 16.4 Å². The molecule has 0 saturated heterocycles. The average molecular weight is 345 g/mol.